The summed E-state index contributed by atoms with van der Waals surface area (Å²) < 4.78 is 10.3. The molecule has 0 bridgehead atoms. The van der Waals surface area contributed by atoms with E-state index in [0.29, 0.717) is 0 Å². The lowest BCUT2D eigenvalue weighted by Gasteiger charge is -2.23. The molecular weight excluding hydrogens is 390 g/mol. The van der Waals surface area contributed by atoms with Gasteiger partial charge < -0.3 is 25.4 Å². The second-order valence-corrected chi connectivity index (χ2v) is 7.92. The minimum Gasteiger partial charge on any atom is -0.459 e. The maximum absolute atomic E-state index is 12.3. The monoisotopic (exact) mass is 421 g/mol. The number of alkyl carbamates (subject to hydrolysis) is 1. The van der Waals surface area contributed by atoms with Crippen molar-refractivity contribution in [1.29, 1.82) is 0 Å². The van der Waals surface area contributed by atoms with E-state index in [-0.39, 0.29) is 6.61 Å². The zero-order valence-corrected chi connectivity index (χ0v) is 18.3. The number of benzene rings is 1. The minimum atomic E-state index is -0.926. The molecule has 0 unspecified atom stereocenters. The molecule has 0 spiro atoms. The highest BCUT2D eigenvalue weighted by Crippen LogP contribution is 2.07. The summed E-state index contributed by atoms with van der Waals surface area (Å²) in [5, 5.41) is 7.36. The summed E-state index contributed by atoms with van der Waals surface area (Å²) in [5.74, 6) is -1.72. The van der Waals surface area contributed by atoms with Crippen LogP contribution in [0.1, 0.15) is 47.1 Å². The highest BCUT2D eigenvalue weighted by atomic mass is 16.6. The molecule has 0 aromatic heterocycles. The van der Waals surface area contributed by atoms with Crippen LogP contribution in [0.4, 0.5) is 4.79 Å². The molecule has 166 valence electrons. The number of hydrogen-bond donors (Lipinski definition) is 3. The summed E-state index contributed by atoms with van der Waals surface area (Å²) in [6, 6.07) is 6.43. The Bertz CT molecular complexity index is 745. The zero-order valence-electron chi connectivity index (χ0n) is 18.3. The summed E-state index contributed by atoms with van der Waals surface area (Å²) in [5.41, 5.74) is 0.134. The van der Waals surface area contributed by atoms with Gasteiger partial charge in [0.15, 0.2) is 0 Å². The highest BCUT2D eigenvalue weighted by Gasteiger charge is 2.25. The van der Waals surface area contributed by atoms with E-state index in [9.17, 15) is 19.2 Å². The van der Waals surface area contributed by atoms with Crippen LogP contribution >= 0.6 is 0 Å². The number of carbonyl (C=O) groups is 4. The van der Waals surface area contributed by atoms with E-state index in [2.05, 4.69) is 16.0 Å². The van der Waals surface area contributed by atoms with Gasteiger partial charge in [-0.15, -0.1) is 0 Å². The van der Waals surface area contributed by atoms with E-state index in [1.165, 1.54) is 20.8 Å². The molecule has 0 heterocycles. The summed E-state index contributed by atoms with van der Waals surface area (Å²) in [7, 11) is 0. The van der Waals surface area contributed by atoms with Crippen molar-refractivity contribution in [3.8, 4) is 0 Å². The zero-order chi connectivity index (χ0) is 22.9. The van der Waals surface area contributed by atoms with Gasteiger partial charge in [0.05, 0.1) is 0 Å². The normalized spacial score (nSPS) is 13.9. The van der Waals surface area contributed by atoms with Crippen LogP contribution in [0.3, 0.4) is 0 Å². The van der Waals surface area contributed by atoms with Crippen LogP contribution in [0.2, 0.25) is 0 Å². The fourth-order valence-corrected chi connectivity index (χ4v) is 2.20. The second kappa shape index (κ2) is 11.2. The molecular formula is C21H31N3O6. The Balaban J connectivity index is 2.44. The van der Waals surface area contributed by atoms with Crippen molar-refractivity contribution in [2.75, 3.05) is 0 Å². The van der Waals surface area contributed by atoms with Gasteiger partial charge in [0, 0.05) is 0 Å². The van der Waals surface area contributed by atoms with E-state index in [4.69, 9.17) is 9.47 Å². The summed E-state index contributed by atoms with van der Waals surface area (Å²) in [4.78, 5) is 48.2. The SMILES string of the molecule is C[C@@H](NC(=O)OC(C)(C)C)C(=O)N[C@H](C)C(=O)N[C@H](C)C(=O)OCc1ccccc1. The fourth-order valence-electron chi connectivity index (χ4n) is 2.20. The van der Waals surface area contributed by atoms with Crippen LogP contribution in [0.25, 0.3) is 0 Å². The van der Waals surface area contributed by atoms with Gasteiger partial charge in [-0.1, -0.05) is 30.3 Å². The quantitative estimate of drug-likeness (QED) is 0.549. The molecule has 9 nitrogen and oxygen atoms in total. The fraction of sp³-hybridized carbons (Fsp3) is 0.524. The van der Waals surface area contributed by atoms with Crippen molar-refractivity contribution in [2.45, 2.75) is 71.9 Å². The first-order valence-electron chi connectivity index (χ1n) is 9.70. The van der Waals surface area contributed by atoms with Gasteiger partial charge in [0.25, 0.3) is 0 Å². The average molecular weight is 421 g/mol. The molecule has 3 atom stereocenters. The van der Waals surface area contributed by atoms with Crippen molar-refractivity contribution in [1.82, 2.24) is 16.0 Å². The summed E-state index contributed by atoms with van der Waals surface area (Å²) in [6.07, 6.45) is -0.739. The third kappa shape index (κ3) is 9.40. The molecule has 3 amide bonds. The Hall–Kier alpha value is -3.10. The van der Waals surface area contributed by atoms with Gasteiger partial charge in [0.1, 0.15) is 30.3 Å². The maximum atomic E-state index is 12.3. The van der Waals surface area contributed by atoms with Crippen LogP contribution in [-0.4, -0.2) is 47.6 Å². The molecule has 0 aliphatic heterocycles. The standard InChI is InChI=1S/C21H31N3O6/c1-13(22-18(26)14(2)24-20(28)30-21(4,5)6)17(25)23-15(3)19(27)29-12-16-10-8-7-9-11-16/h7-11,13-15H,12H2,1-6H3,(H,22,26)(H,23,25)(H,24,28)/t13-,14-,15-/m1/s1. The van der Waals surface area contributed by atoms with Gasteiger partial charge in [-0.25, -0.2) is 9.59 Å². The lowest BCUT2D eigenvalue weighted by atomic mass is 10.2. The predicted octanol–water partition coefficient (Wildman–Crippen LogP) is 1.65. The van der Waals surface area contributed by atoms with Crippen molar-refractivity contribution < 1.29 is 28.7 Å². The summed E-state index contributed by atoms with van der Waals surface area (Å²) >= 11 is 0. The van der Waals surface area contributed by atoms with Crippen LogP contribution in [0.15, 0.2) is 30.3 Å². The van der Waals surface area contributed by atoms with Crippen molar-refractivity contribution in [3.63, 3.8) is 0 Å². The number of nitrogens with one attached hydrogen (secondary N) is 3. The number of hydrogen-bond acceptors (Lipinski definition) is 6. The first-order valence-corrected chi connectivity index (χ1v) is 9.70. The predicted molar refractivity (Wildman–Crippen MR) is 110 cm³/mol. The maximum Gasteiger partial charge on any atom is 0.408 e. The van der Waals surface area contributed by atoms with Crippen LogP contribution in [-0.2, 0) is 30.5 Å². The largest absolute Gasteiger partial charge is 0.459 e. The lowest BCUT2D eigenvalue weighted by molar-refractivity contribution is -0.148. The molecule has 0 fully saturated rings. The van der Waals surface area contributed by atoms with E-state index in [0.717, 1.165) is 5.56 Å². The second-order valence-electron chi connectivity index (χ2n) is 7.92. The first-order chi connectivity index (χ1) is 13.9. The van der Waals surface area contributed by atoms with Crippen LogP contribution in [0.5, 0.6) is 0 Å². The molecule has 1 aromatic rings. The highest BCUT2D eigenvalue weighted by molar-refractivity contribution is 5.92. The molecule has 3 N–H and O–H groups in total. The number of carbonyl (C=O) groups excluding carboxylic acids is 4. The number of rotatable bonds is 8. The molecule has 0 saturated carbocycles. The molecule has 9 heteroatoms. The molecule has 30 heavy (non-hydrogen) atoms. The average Bonchev–Trinajstić information content (AvgIpc) is 2.64. The Kier molecular flexibility index (Phi) is 9.29. The van der Waals surface area contributed by atoms with Gasteiger partial charge in [-0.3, -0.25) is 9.59 Å². The number of esters is 1. The lowest BCUT2D eigenvalue weighted by Crippen LogP contribution is -2.54. The van der Waals surface area contributed by atoms with Crippen molar-refractivity contribution in [3.05, 3.63) is 35.9 Å². The minimum absolute atomic E-state index is 0.0972. The Morgan fingerprint density at radius 1 is 0.833 bits per heavy atom. The van der Waals surface area contributed by atoms with Crippen LogP contribution in [0, 0.1) is 0 Å². The molecule has 0 aliphatic carbocycles. The summed E-state index contributed by atoms with van der Waals surface area (Å²) in [6.45, 7) is 9.64. The topological polar surface area (TPSA) is 123 Å². The van der Waals surface area contributed by atoms with Crippen molar-refractivity contribution >= 4 is 23.9 Å². The van der Waals surface area contributed by atoms with E-state index in [1.54, 1.807) is 20.8 Å². The van der Waals surface area contributed by atoms with Crippen molar-refractivity contribution in [2.24, 2.45) is 0 Å². The van der Waals surface area contributed by atoms with Crippen LogP contribution < -0.4 is 16.0 Å². The number of ether oxygens (including phenoxy) is 2. The van der Waals surface area contributed by atoms with Gasteiger partial charge in [-0.2, -0.15) is 0 Å². The van der Waals surface area contributed by atoms with E-state index >= 15 is 0 Å². The molecule has 1 aromatic carbocycles. The van der Waals surface area contributed by atoms with E-state index < -0.39 is 47.6 Å². The Morgan fingerprint density at radius 3 is 1.87 bits per heavy atom. The first kappa shape index (κ1) is 24.9. The molecule has 1 rings (SSSR count). The molecule has 0 saturated heterocycles. The number of amides is 3. The van der Waals surface area contributed by atoms with Gasteiger partial charge >= 0.3 is 12.1 Å². The Labute approximate surface area is 176 Å². The van der Waals surface area contributed by atoms with Gasteiger partial charge in [-0.05, 0) is 47.1 Å². The van der Waals surface area contributed by atoms with E-state index in [1.807, 2.05) is 30.3 Å². The third-order valence-corrected chi connectivity index (χ3v) is 3.81. The molecule has 0 aliphatic rings. The molecule has 0 radical (unpaired) electrons. The third-order valence-electron chi connectivity index (χ3n) is 3.81. The van der Waals surface area contributed by atoms with Gasteiger partial charge in [0.2, 0.25) is 11.8 Å². The smallest absolute Gasteiger partial charge is 0.408 e. The Morgan fingerprint density at radius 2 is 1.33 bits per heavy atom.